The van der Waals surface area contributed by atoms with E-state index >= 15 is 0 Å². The van der Waals surface area contributed by atoms with E-state index in [1.807, 2.05) is 19.9 Å². The van der Waals surface area contributed by atoms with E-state index in [-0.39, 0.29) is 17.8 Å². The van der Waals surface area contributed by atoms with Gasteiger partial charge in [0.25, 0.3) is 11.8 Å². The second-order valence-electron chi connectivity index (χ2n) is 12.0. The highest BCUT2D eigenvalue weighted by Crippen LogP contribution is 2.40. The molecule has 9 heteroatoms. The van der Waals surface area contributed by atoms with Gasteiger partial charge in [0.2, 0.25) is 5.91 Å². The van der Waals surface area contributed by atoms with Gasteiger partial charge in [-0.1, -0.05) is 52.0 Å². The van der Waals surface area contributed by atoms with Crippen molar-refractivity contribution in [3.63, 3.8) is 0 Å². The lowest BCUT2D eigenvalue weighted by atomic mass is 9.72. The van der Waals surface area contributed by atoms with Crippen LogP contribution in [0.2, 0.25) is 0 Å². The van der Waals surface area contributed by atoms with Gasteiger partial charge in [-0.05, 0) is 60.4 Å². The van der Waals surface area contributed by atoms with Crippen LogP contribution in [0.5, 0.6) is 0 Å². The van der Waals surface area contributed by atoms with Crippen LogP contribution in [0.3, 0.4) is 0 Å². The minimum atomic E-state index is -1.04. The molecule has 2 heterocycles. The first-order valence-electron chi connectivity index (χ1n) is 13.2. The molecule has 0 aliphatic carbocycles. The number of aryl methyl sites for hydroxylation is 1. The molecule has 0 saturated heterocycles. The maximum Gasteiger partial charge on any atom is 0.329 e. The summed E-state index contributed by atoms with van der Waals surface area (Å²) in [4.78, 5) is 52.2. The van der Waals surface area contributed by atoms with E-state index in [0.29, 0.717) is 24.1 Å². The van der Waals surface area contributed by atoms with Crippen molar-refractivity contribution in [2.75, 3.05) is 19.0 Å². The first-order chi connectivity index (χ1) is 18.4. The van der Waals surface area contributed by atoms with Crippen LogP contribution in [0.4, 0.5) is 5.69 Å². The predicted octanol–water partition coefficient (Wildman–Crippen LogP) is 4.30. The van der Waals surface area contributed by atoms with Gasteiger partial charge in [0.05, 0.1) is 18.2 Å². The molecule has 39 heavy (non-hydrogen) atoms. The molecule has 2 atom stereocenters. The summed E-state index contributed by atoms with van der Waals surface area (Å²) in [5.74, 6) is -2.09. The molecule has 0 saturated carbocycles. The number of rotatable bonds is 10. The number of anilines is 1. The second kappa shape index (κ2) is 10.8. The summed E-state index contributed by atoms with van der Waals surface area (Å²) in [6, 6.07) is 11.8. The van der Waals surface area contributed by atoms with Crippen molar-refractivity contribution < 1.29 is 29.1 Å². The molecule has 0 fully saturated rings. The number of benzene rings is 2. The van der Waals surface area contributed by atoms with Gasteiger partial charge in [-0.2, -0.15) is 0 Å². The van der Waals surface area contributed by atoms with E-state index in [1.54, 1.807) is 29.7 Å². The summed E-state index contributed by atoms with van der Waals surface area (Å²) >= 11 is 0. The minimum Gasteiger partial charge on any atom is -0.467 e. The van der Waals surface area contributed by atoms with Crippen molar-refractivity contribution in [1.29, 1.82) is 0 Å². The van der Waals surface area contributed by atoms with Gasteiger partial charge < -0.3 is 10.1 Å². The van der Waals surface area contributed by atoms with E-state index in [2.05, 4.69) is 31.3 Å². The zero-order valence-corrected chi connectivity index (χ0v) is 23.2. The molecule has 2 aliphatic heterocycles. The van der Waals surface area contributed by atoms with E-state index in [9.17, 15) is 19.2 Å². The molecule has 0 bridgehead atoms. The number of imide groups is 1. The quantitative estimate of drug-likeness (QED) is 0.179. The molecule has 3 N–H and O–H groups in total. The lowest BCUT2D eigenvalue weighted by molar-refractivity contribution is -0.145. The summed E-state index contributed by atoms with van der Waals surface area (Å²) in [7, 11) is 1.26. The third-order valence-corrected chi connectivity index (χ3v) is 7.94. The Morgan fingerprint density at radius 1 is 1.10 bits per heavy atom. The largest absolute Gasteiger partial charge is 0.467 e. The molecule has 0 radical (unpaired) electrons. The molecule has 9 nitrogen and oxygen atoms in total. The van der Waals surface area contributed by atoms with E-state index < -0.39 is 35.1 Å². The van der Waals surface area contributed by atoms with E-state index in [0.717, 1.165) is 34.6 Å². The van der Waals surface area contributed by atoms with Crippen molar-refractivity contribution >= 4 is 29.4 Å². The van der Waals surface area contributed by atoms with Crippen molar-refractivity contribution in [1.82, 2.24) is 10.4 Å². The fourth-order valence-corrected chi connectivity index (χ4v) is 6.02. The third kappa shape index (κ3) is 5.68. The highest BCUT2D eigenvalue weighted by molar-refractivity contribution is 6.22. The zero-order chi connectivity index (χ0) is 28.5. The average Bonchev–Trinajstić information content (AvgIpc) is 3.42. The number of hydrogen-bond donors (Lipinski definition) is 3. The topological polar surface area (TPSA) is 125 Å². The molecule has 3 amide bonds. The Kier molecular flexibility index (Phi) is 7.84. The van der Waals surface area contributed by atoms with Crippen LogP contribution in [-0.4, -0.2) is 53.5 Å². The summed E-state index contributed by atoms with van der Waals surface area (Å²) in [5, 5.41) is 12.5. The fraction of sp³-hybridized carbons (Fsp3) is 0.467. The molecular formula is C30H37N3O6. The van der Waals surface area contributed by atoms with Crippen LogP contribution in [0.25, 0.3) is 0 Å². The first kappa shape index (κ1) is 28.3. The monoisotopic (exact) mass is 535 g/mol. The summed E-state index contributed by atoms with van der Waals surface area (Å²) in [5.41, 5.74) is 4.62. The maximum absolute atomic E-state index is 13.1. The number of amides is 3. The number of fused-ring (bicyclic) bond motifs is 2. The number of esters is 1. The molecule has 4 rings (SSSR count). The Labute approximate surface area is 228 Å². The Hall–Kier alpha value is -3.72. The normalized spacial score (nSPS) is 17.4. The van der Waals surface area contributed by atoms with E-state index in [4.69, 9.17) is 9.94 Å². The number of ether oxygens (including phenoxy) is 1. The van der Waals surface area contributed by atoms with Crippen molar-refractivity contribution in [3.8, 4) is 0 Å². The standard InChI is InChI=1S/C30H37N3O6/c1-29(2,17-30(3,4)28(37)32-38)13-12-18-10-11-23-22(14-18)19(16-31-23)15-24(27(36)39-5)33-25(34)20-8-6-7-9-21(20)26(33)35/h6-11,14,19,24,31,38H,12-13,15-17H2,1-5H3,(H,32,37)/t19?,24-/m0/s1. The molecule has 2 aromatic rings. The highest BCUT2D eigenvalue weighted by Gasteiger charge is 2.44. The fourth-order valence-electron chi connectivity index (χ4n) is 6.02. The van der Waals surface area contributed by atoms with Crippen molar-refractivity contribution in [2.45, 2.75) is 65.3 Å². The Morgan fingerprint density at radius 2 is 1.74 bits per heavy atom. The van der Waals surface area contributed by atoms with Crippen LogP contribution < -0.4 is 10.8 Å². The molecule has 2 aromatic carbocycles. The molecular weight excluding hydrogens is 498 g/mol. The summed E-state index contributed by atoms with van der Waals surface area (Å²) in [6.07, 6.45) is 2.45. The van der Waals surface area contributed by atoms with Gasteiger partial charge in [-0.3, -0.25) is 24.5 Å². The van der Waals surface area contributed by atoms with Crippen LogP contribution in [-0.2, 0) is 20.7 Å². The van der Waals surface area contributed by atoms with Gasteiger partial charge in [-0.25, -0.2) is 10.3 Å². The van der Waals surface area contributed by atoms with Gasteiger partial charge in [0.1, 0.15) is 6.04 Å². The Balaban J connectivity index is 1.51. The van der Waals surface area contributed by atoms with Crippen LogP contribution in [0.15, 0.2) is 42.5 Å². The number of nitrogens with one attached hydrogen (secondary N) is 2. The lowest BCUT2D eigenvalue weighted by Gasteiger charge is -2.33. The van der Waals surface area contributed by atoms with Crippen LogP contribution >= 0.6 is 0 Å². The van der Waals surface area contributed by atoms with Crippen molar-refractivity contribution in [2.24, 2.45) is 10.8 Å². The smallest absolute Gasteiger partial charge is 0.329 e. The van der Waals surface area contributed by atoms with E-state index in [1.165, 1.54) is 7.11 Å². The Morgan fingerprint density at radius 3 is 2.33 bits per heavy atom. The summed E-state index contributed by atoms with van der Waals surface area (Å²) in [6.45, 7) is 8.43. The molecule has 2 aliphatic rings. The summed E-state index contributed by atoms with van der Waals surface area (Å²) < 4.78 is 5.03. The number of carbonyl (C=O) groups excluding carboxylic acids is 4. The van der Waals surface area contributed by atoms with Gasteiger partial charge in [0.15, 0.2) is 0 Å². The maximum atomic E-state index is 13.1. The Bertz CT molecular complexity index is 1270. The first-order valence-corrected chi connectivity index (χ1v) is 13.2. The van der Waals surface area contributed by atoms with Crippen LogP contribution in [0, 0.1) is 10.8 Å². The third-order valence-electron chi connectivity index (χ3n) is 7.94. The number of methoxy groups -OCH3 is 1. The van der Waals surface area contributed by atoms with Gasteiger partial charge in [-0.15, -0.1) is 0 Å². The molecule has 1 unspecified atom stereocenters. The lowest BCUT2D eigenvalue weighted by Crippen LogP contribution is -2.46. The molecule has 208 valence electrons. The number of hydroxylamine groups is 1. The minimum absolute atomic E-state index is 0.103. The number of nitrogens with zero attached hydrogens (tertiary/aromatic N) is 1. The average molecular weight is 536 g/mol. The number of carbonyl (C=O) groups is 4. The molecule has 0 spiro atoms. The van der Waals surface area contributed by atoms with Crippen molar-refractivity contribution in [3.05, 3.63) is 64.7 Å². The molecule has 0 aromatic heterocycles. The highest BCUT2D eigenvalue weighted by atomic mass is 16.5. The van der Waals surface area contributed by atoms with Gasteiger partial charge in [0, 0.05) is 23.6 Å². The predicted molar refractivity (Wildman–Crippen MR) is 145 cm³/mol. The van der Waals surface area contributed by atoms with Crippen LogP contribution in [0.1, 0.15) is 84.7 Å². The van der Waals surface area contributed by atoms with Gasteiger partial charge >= 0.3 is 5.97 Å². The SMILES string of the molecule is COC(=O)[C@H](CC1CNc2ccc(CCC(C)(C)CC(C)(C)C(=O)NO)cc21)N1C(=O)c2ccccc2C1=O. The second-order valence-corrected chi connectivity index (χ2v) is 12.0. The zero-order valence-electron chi connectivity index (χ0n) is 23.2. The number of hydrogen-bond acceptors (Lipinski definition) is 7.